The van der Waals surface area contributed by atoms with Crippen molar-refractivity contribution in [2.24, 2.45) is 0 Å². The molecule has 5 rings (SSSR count). The Morgan fingerprint density at radius 2 is 1.38 bits per heavy atom. The monoisotopic (exact) mass is 440 g/mol. The van der Waals surface area contributed by atoms with E-state index in [4.69, 9.17) is 0 Å². The van der Waals surface area contributed by atoms with Crippen molar-refractivity contribution >= 4 is 21.5 Å². The van der Waals surface area contributed by atoms with Gasteiger partial charge in [-0.2, -0.15) is 0 Å². The highest BCUT2D eigenvalue weighted by Crippen LogP contribution is 2.62. The lowest BCUT2D eigenvalue weighted by atomic mass is 9.69. The number of hydrogen-bond acceptors (Lipinski definition) is 0. The van der Waals surface area contributed by atoms with E-state index >= 15 is 0 Å². The fourth-order valence-electron chi connectivity index (χ4n) is 4.95. The van der Waals surface area contributed by atoms with Crippen LogP contribution in [0.3, 0.4) is 0 Å². The van der Waals surface area contributed by atoms with Gasteiger partial charge in [0.2, 0.25) is 0 Å². The third-order valence-corrected chi connectivity index (χ3v) is 6.44. The van der Waals surface area contributed by atoms with Crippen LogP contribution >= 0.6 is 15.9 Å². The van der Waals surface area contributed by atoms with Crippen LogP contribution in [-0.4, -0.2) is 0 Å². The summed E-state index contributed by atoms with van der Waals surface area (Å²) in [6.07, 6.45) is 6.17. The smallest absolute Gasteiger partial charge is 0.0722 e. The van der Waals surface area contributed by atoms with Crippen molar-refractivity contribution in [2.45, 2.75) is 26.2 Å². The van der Waals surface area contributed by atoms with E-state index < -0.39 is 0 Å². The maximum atomic E-state index is 3.90. The van der Waals surface area contributed by atoms with Crippen LogP contribution in [-0.2, 0) is 5.41 Å². The van der Waals surface area contributed by atoms with Crippen molar-refractivity contribution in [1.82, 2.24) is 0 Å². The van der Waals surface area contributed by atoms with Crippen molar-refractivity contribution in [3.63, 3.8) is 0 Å². The van der Waals surface area contributed by atoms with Gasteiger partial charge in [0.15, 0.2) is 0 Å². The zero-order valence-corrected chi connectivity index (χ0v) is 18.8. The van der Waals surface area contributed by atoms with Crippen LogP contribution in [0.1, 0.15) is 43.0 Å². The van der Waals surface area contributed by atoms with E-state index in [1.54, 1.807) is 0 Å². The summed E-state index contributed by atoms with van der Waals surface area (Å²) in [5.41, 5.74) is 10.5. The Hall–Kier alpha value is -2.64. The molecule has 3 aromatic rings. The number of fused-ring (bicyclic) bond motifs is 7. The average Bonchev–Trinajstić information content (AvgIpc) is 3.19. The first-order chi connectivity index (χ1) is 14.2. The highest BCUT2D eigenvalue weighted by Gasteiger charge is 2.51. The Morgan fingerprint density at radius 1 is 0.793 bits per heavy atom. The van der Waals surface area contributed by atoms with E-state index in [-0.39, 0.29) is 5.41 Å². The van der Waals surface area contributed by atoms with Gasteiger partial charge in [-0.15, -0.1) is 0 Å². The van der Waals surface area contributed by atoms with Gasteiger partial charge in [-0.3, -0.25) is 0 Å². The van der Waals surface area contributed by atoms with Gasteiger partial charge in [0, 0.05) is 4.47 Å². The van der Waals surface area contributed by atoms with E-state index in [1.807, 2.05) is 19.9 Å². The zero-order chi connectivity index (χ0) is 20.6. The minimum Gasteiger partial charge on any atom is -0.0991 e. The minimum absolute atomic E-state index is 0.268. The lowest BCUT2D eigenvalue weighted by Crippen LogP contribution is -2.26. The van der Waals surface area contributed by atoms with Crippen LogP contribution in [0.25, 0.3) is 16.7 Å². The summed E-state index contributed by atoms with van der Waals surface area (Å²) < 4.78 is 1.11. The highest BCUT2D eigenvalue weighted by atomic mass is 79.9. The summed E-state index contributed by atoms with van der Waals surface area (Å²) in [6, 6.07) is 24.4. The fraction of sp³-hybridized carbons (Fsp3) is 0.143. The largest absolute Gasteiger partial charge is 0.0991 e. The molecule has 1 atom stereocenters. The molecule has 29 heavy (non-hydrogen) atoms. The second kappa shape index (κ2) is 7.65. The van der Waals surface area contributed by atoms with Gasteiger partial charge in [-0.05, 0) is 63.6 Å². The van der Waals surface area contributed by atoms with Crippen LogP contribution in [0.15, 0.2) is 102 Å². The lowest BCUT2D eigenvalue weighted by Gasteiger charge is -2.31. The van der Waals surface area contributed by atoms with Crippen LogP contribution in [0.4, 0.5) is 0 Å². The SMILES string of the molecule is C=C/C=C\C1=C(C)c2ccccc2C12c1ccccc1-c1ccc(Br)cc12.CC. The molecule has 0 aromatic heterocycles. The fourth-order valence-corrected chi connectivity index (χ4v) is 5.32. The quantitative estimate of drug-likeness (QED) is 0.351. The first-order valence-electron chi connectivity index (χ1n) is 10.2. The molecule has 1 spiro atoms. The van der Waals surface area contributed by atoms with E-state index in [9.17, 15) is 0 Å². The van der Waals surface area contributed by atoms with Crippen molar-refractivity contribution in [3.8, 4) is 11.1 Å². The van der Waals surface area contributed by atoms with E-state index in [0.717, 1.165) is 4.47 Å². The second-order valence-corrected chi connectivity index (χ2v) is 8.08. The van der Waals surface area contributed by atoms with Crippen molar-refractivity contribution in [3.05, 3.63) is 124 Å². The van der Waals surface area contributed by atoms with Crippen LogP contribution in [0, 0.1) is 0 Å². The maximum absolute atomic E-state index is 3.90. The molecule has 0 fully saturated rings. The number of halogens is 1. The van der Waals surface area contributed by atoms with Crippen LogP contribution in [0.5, 0.6) is 0 Å². The summed E-state index contributed by atoms with van der Waals surface area (Å²) in [5, 5.41) is 0. The zero-order valence-electron chi connectivity index (χ0n) is 17.2. The van der Waals surface area contributed by atoms with Crippen molar-refractivity contribution in [1.29, 1.82) is 0 Å². The molecule has 3 aromatic carbocycles. The molecule has 0 radical (unpaired) electrons. The predicted octanol–water partition coefficient (Wildman–Crippen LogP) is 8.32. The summed E-state index contributed by atoms with van der Waals surface area (Å²) in [6.45, 7) is 10.1. The summed E-state index contributed by atoms with van der Waals surface area (Å²) in [4.78, 5) is 0. The number of rotatable bonds is 2. The Labute approximate surface area is 182 Å². The van der Waals surface area contributed by atoms with Gasteiger partial charge >= 0.3 is 0 Å². The van der Waals surface area contributed by atoms with Crippen LogP contribution < -0.4 is 0 Å². The van der Waals surface area contributed by atoms with Gasteiger partial charge < -0.3 is 0 Å². The molecular weight excluding hydrogens is 416 g/mol. The lowest BCUT2D eigenvalue weighted by molar-refractivity contribution is 0.785. The minimum atomic E-state index is -0.268. The Bertz CT molecular complexity index is 1160. The molecule has 2 aliphatic carbocycles. The molecule has 144 valence electrons. The third-order valence-electron chi connectivity index (χ3n) is 5.95. The molecule has 0 saturated heterocycles. The van der Waals surface area contributed by atoms with Crippen molar-refractivity contribution < 1.29 is 0 Å². The molecule has 2 aliphatic rings. The standard InChI is InChI=1S/C26H19Br.C2H6/c1-3-4-11-22-17(2)19-9-5-7-12-23(19)26(22)24-13-8-6-10-20(24)21-15-14-18(27)16-25(21)26;1-2/h3-16H,1H2,2H3;1-2H3/b11-4-;. The Morgan fingerprint density at radius 3 is 2.07 bits per heavy atom. The van der Waals surface area contributed by atoms with E-state index in [1.165, 1.54) is 44.5 Å². The van der Waals surface area contributed by atoms with Gasteiger partial charge in [0.25, 0.3) is 0 Å². The molecule has 0 N–H and O–H groups in total. The van der Waals surface area contributed by atoms with Crippen LogP contribution in [0.2, 0.25) is 0 Å². The average molecular weight is 441 g/mol. The number of benzene rings is 3. The van der Waals surface area contributed by atoms with Gasteiger partial charge in [-0.25, -0.2) is 0 Å². The van der Waals surface area contributed by atoms with Crippen molar-refractivity contribution in [2.75, 3.05) is 0 Å². The molecule has 0 saturated carbocycles. The Balaban J connectivity index is 0.000000994. The van der Waals surface area contributed by atoms with Gasteiger partial charge in [-0.1, -0.05) is 109 Å². The third kappa shape index (κ3) is 2.64. The topological polar surface area (TPSA) is 0 Å². The molecule has 0 amide bonds. The van der Waals surface area contributed by atoms with Gasteiger partial charge in [0.05, 0.1) is 5.41 Å². The number of hydrogen-bond donors (Lipinski definition) is 0. The second-order valence-electron chi connectivity index (χ2n) is 7.16. The van der Waals surface area contributed by atoms with E-state index in [2.05, 4.69) is 108 Å². The summed E-state index contributed by atoms with van der Waals surface area (Å²) >= 11 is 3.72. The highest BCUT2D eigenvalue weighted by molar-refractivity contribution is 9.10. The first-order valence-corrected chi connectivity index (χ1v) is 11.0. The maximum Gasteiger partial charge on any atom is 0.0722 e. The molecule has 0 aliphatic heterocycles. The van der Waals surface area contributed by atoms with Gasteiger partial charge in [0.1, 0.15) is 0 Å². The summed E-state index contributed by atoms with van der Waals surface area (Å²) in [5.74, 6) is 0. The molecule has 1 unspecified atom stereocenters. The van der Waals surface area contributed by atoms with E-state index in [0.29, 0.717) is 0 Å². The molecule has 0 heterocycles. The summed E-state index contributed by atoms with van der Waals surface area (Å²) in [7, 11) is 0. The Kier molecular flexibility index (Phi) is 5.19. The first kappa shape index (κ1) is 19.7. The normalized spacial score (nSPS) is 18.3. The molecular formula is C28H25Br. The predicted molar refractivity (Wildman–Crippen MR) is 129 cm³/mol. The molecule has 1 heteroatoms. The number of allylic oxidation sites excluding steroid dienone is 5. The molecule has 0 bridgehead atoms. The molecule has 0 nitrogen and oxygen atoms in total.